The molecular weight excluding hydrogens is 378 g/mol. The number of aliphatic hydroxyl groups is 1. The van der Waals surface area contributed by atoms with E-state index in [2.05, 4.69) is 15.6 Å². The Hall–Kier alpha value is -3.09. The third kappa shape index (κ3) is 5.00. The van der Waals surface area contributed by atoms with Gasteiger partial charge in [0.05, 0.1) is 6.61 Å². The van der Waals surface area contributed by atoms with Crippen LogP contribution in [-0.4, -0.2) is 34.6 Å². The molecule has 1 unspecified atom stereocenters. The zero-order chi connectivity index (χ0) is 19.9. The number of benzene rings is 2. The summed E-state index contributed by atoms with van der Waals surface area (Å²) >= 11 is 5.83. The highest BCUT2D eigenvalue weighted by molar-refractivity contribution is 6.30. The van der Waals surface area contributed by atoms with Crippen molar-refractivity contribution in [1.82, 2.24) is 15.6 Å². The molecule has 0 aliphatic rings. The lowest BCUT2D eigenvalue weighted by atomic mass is 10.1. The van der Waals surface area contributed by atoms with Crippen LogP contribution in [0.4, 0.5) is 0 Å². The Kier molecular flexibility index (Phi) is 6.47. The van der Waals surface area contributed by atoms with Crippen LogP contribution in [0.15, 0.2) is 60.8 Å². The Morgan fingerprint density at radius 3 is 2.64 bits per heavy atom. The van der Waals surface area contributed by atoms with Gasteiger partial charge in [-0.05, 0) is 35.4 Å². The number of aliphatic hydroxyl groups excluding tert-OH is 1. The summed E-state index contributed by atoms with van der Waals surface area (Å²) < 4.78 is 0. The van der Waals surface area contributed by atoms with Gasteiger partial charge in [-0.3, -0.25) is 9.59 Å². The van der Waals surface area contributed by atoms with E-state index in [0.717, 1.165) is 22.0 Å². The van der Waals surface area contributed by atoms with Crippen molar-refractivity contribution in [3.63, 3.8) is 0 Å². The molecule has 4 N–H and O–H groups in total. The van der Waals surface area contributed by atoms with Gasteiger partial charge in [0.1, 0.15) is 6.04 Å². The fourth-order valence-corrected chi connectivity index (χ4v) is 2.85. The lowest BCUT2D eigenvalue weighted by Crippen LogP contribution is -2.48. The first-order valence-electron chi connectivity index (χ1n) is 8.74. The van der Waals surface area contributed by atoms with Crippen LogP contribution in [0.1, 0.15) is 11.1 Å². The van der Waals surface area contributed by atoms with Crippen molar-refractivity contribution in [3.8, 4) is 0 Å². The quantitative estimate of drug-likeness (QED) is 0.461. The number of aromatic nitrogens is 1. The first kappa shape index (κ1) is 19.7. The predicted molar refractivity (Wildman–Crippen MR) is 110 cm³/mol. The fourth-order valence-electron chi connectivity index (χ4n) is 2.73. The first-order valence-corrected chi connectivity index (χ1v) is 9.12. The molecule has 0 bridgehead atoms. The van der Waals surface area contributed by atoms with E-state index in [9.17, 15) is 14.7 Å². The van der Waals surface area contributed by atoms with Gasteiger partial charge in [0.25, 0.3) is 0 Å². The molecule has 1 atom stereocenters. The molecule has 144 valence electrons. The van der Waals surface area contributed by atoms with E-state index in [1.807, 2.05) is 24.3 Å². The van der Waals surface area contributed by atoms with E-state index >= 15 is 0 Å². The third-order valence-electron chi connectivity index (χ3n) is 4.23. The van der Waals surface area contributed by atoms with E-state index < -0.39 is 24.5 Å². The number of hydrogen-bond acceptors (Lipinski definition) is 3. The molecule has 1 heterocycles. The van der Waals surface area contributed by atoms with Crippen molar-refractivity contribution in [2.24, 2.45) is 0 Å². The summed E-state index contributed by atoms with van der Waals surface area (Å²) in [6, 6.07) is 13.7. The summed E-state index contributed by atoms with van der Waals surface area (Å²) in [7, 11) is 0. The van der Waals surface area contributed by atoms with Crippen LogP contribution >= 0.6 is 11.6 Å². The number of fused-ring (bicyclic) bond motifs is 1. The van der Waals surface area contributed by atoms with Gasteiger partial charge in [0, 0.05) is 34.7 Å². The molecule has 0 radical (unpaired) electrons. The minimum Gasteiger partial charge on any atom is -0.394 e. The van der Waals surface area contributed by atoms with Gasteiger partial charge in [0.15, 0.2) is 0 Å². The second kappa shape index (κ2) is 9.21. The van der Waals surface area contributed by atoms with Crippen LogP contribution < -0.4 is 10.6 Å². The SMILES string of the molecule is O=C(C=Cc1c[nH]c2ccccc12)NC(CO)C(=O)NCc1ccc(Cl)cc1. The van der Waals surface area contributed by atoms with Crippen molar-refractivity contribution in [2.75, 3.05) is 6.61 Å². The highest BCUT2D eigenvalue weighted by Crippen LogP contribution is 2.18. The Labute approximate surface area is 167 Å². The largest absolute Gasteiger partial charge is 0.394 e. The normalized spacial score (nSPS) is 12.2. The van der Waals surface area contributed by atoms with Gasteiger partial charge < -0.3 is 20.7 Å². The molecule has 0 aliphatic carbocycles. The number of halogens is 1. The molecule has 2 amide bonds. The van der Waals surface area contributed by atoms with Crippen molar-refractivity contribution in [3.05, 3.63) is 77.0 Å². The van der Waals surface area contributed by atoms with Crippen molar-refractivity contribution in [1.29, 1.82) is 0 Å². The summed E-state index contributed by atoms with van der Waals surface area (Å²) in [5, 5.41) is 16.2. The Morgan fingerprint density at radius 2 is 1.89 bits per heavy atom. The van der Waals surface area contributed by atoms with Gasteiger partial charge in [0.2, 0.25) is 11.8 Å². The van der Waals surface area contributed by atoms with E-state index in [1.54, 1.807) is 36.5 Å². The molecule has 28 heavy (non-hydrogen) atoms. The minimum atomic E-state index is -1.03. The lowest BCUT2D eigenvalue weighted by Gasteiger charge is -2.15. The molecule has 3 rings (SSSR count). The molecule has 0 saturated carbocycles. The first-order chi connectivity index (χ1) is 13.6. The second-order valence-corrected chi connectivity index (χ2v) is 6.65. The van der Waals surface area contributed by atoms with Gasteiger partial charge in [-0.15, -0.1) is 0 Å². The fraction of sp³-hybridized carbons (Fsp3) is 0.143. The third-order valence-corrected chi connectivity index (χ3v) is 4.48. The maximum atomic E-state index is 12.2. The smallest absolute Gasteiger partial charge is 0.245 e. The van der Waals surface area contributed by atoms with Crippen LogP contribution in [0.3, 0.4) is 0 Å². The average molecular weight is 398 g/mol. The number of rotatable bonds is 7. The highest BCUT2D eigenvalue weighted by Gasteiger charge is 2.18. The Bertz CT molecular complexity index is 996. The molecule has 1 aromatic heterocycles. The summed E-state index contributed by atoms with van der Waals surface area (Å²) in [5.41, 5.74) is 2.69. The number of carbonyl (C=O) groups is 2. The second-order valence-electron chi connectivity index (χ2n) is 6.21. The number of H-pyrrole nitrogens is 1. The predicted octanol–water partition coefficient (Wildman–Crippen LogP) is 2.63. The number of para-hydroxylation sites is 1. The summed E-state index contributed by atoms with van der Waals surface area (Å²) in [6.07, 6.45) is 4.80. The number of nitrogens with one attached hydrogen (secondary N) is 3. The van der Waals surface area contributed by atoms with Crippen LogP contribution in [-0.2, 0) is 16.1 Å². The van der Waals surface area contributed by atoms with Crippen LogP contribution in [0, 0.1) is 0 Å². The monoisotopic (exact) mass is 397 g/mol. The average Bonchev–Trinajstić information content (AvgIpc) is 3.13. The molecule has 7 heteroatoms. The van der Waals surface area contributed by atoms with Crippen molar-refractivity contribution < 1.29 is 14.7 Å². The Balaban J connectivity index is 1.56. The molecule has 0 saturated heterocycles. The lowest BCUT2D eigenvalue weighted by molar-refractivity contribution is -0.128. The molecule has 2 aromatic carbocycles. The maximum Gasteiger partial charge on any atom is 0.245 e. The van der Waals surface area contributed by atoms with Gasteiger partial charge in [-0.25, -0.2) is 0 Å². The zero-order valence-corrected chi connectivity index (χ0v) is 15.7. The van der Waals surface area contributed by atoms with Crippen LogP contribution in [0.5, 0.6) is 0 Å². The molecule has 0 aliphatic heterocycles. The topological polar surface area (TPSA) is 94.2 Å². The molecule has 3 aromatic rings. The van der Waals surface area contributed by atoms with Gasteiger partial charge >= 0.3 is 0 Å². The summed E-state index contributed by atoms with van der Waals surface area (Å²) in [6.45, 7) is -0.229. The number of carbonyl (C=O) groups excluding carboxylic acids is 2. The standard InChI is InChI=1S/C21H20ClN3O3/c22-16-8-5-14(6-9-16)11-24-21(28)19(13-26)25-20(27)10-7-15-12-23-18-4-2-1-3-17(15)18/h1-10,12,19,23,26H,11,13H2,(H,24,28)(H,25,27). The Morgan fingerprint density at radius 1 is 1.14 bits per heavy atom. The number of hydrogen-bond donors (Lipinski definition) is 4. The molecule has 0 spiro atoms. The van der Waals surface area contributed by atoms with Gasteiger partial charge in [-0.1, -0.05) is 41.9 Å². The highest BCUT2D eigenvalue weighted by atomic mass is 35.5. The van der Waals surface area contributed by atoms with Crippen molar-refractivity contribution in [2.45, 2.75) is 12.6 Å². The van der Waals surface area contributed by atoms with Gasteiger partial charge in [-0.2, -0.15) is 0 Å². The molecule has 6 nitrogen and oxygen atoms in total. The van der Waals surface area contributed by atoms with Crippen LogP contribution in [0.2, 0.25) is 5.02 Å². The molecular formula is C21H20ClN3O3. The summed E-state index contributed by atoms with van der Waals surface area (Å²) in [4.78, 5) is 27.5. The number of aromatic amines is 1. The van der Waals surface area contributed by atoms with E-state index in [4.69, 9.17) is 11.6 Å². The van der Waals surface area contributed by atoms with E-state index in [1.165, 1.54) is 6.08 Å². The molecule has 0 fully saturated rings. The van der Waals surface area contributed by atoms with Crippen molar-refractivity contribution >= 4 is 40.4 Å². The van der Waals surface area contributed by atoms with E-state index in [0.29, 0.717) is 5.02 Å². The summed E-state index contributed by atoms with van der Waals surface area (Å²) in [5.74, 6) is -0.933. The minimum absolute atomic E-state index is 0.271. The maximum absolute atomic E-state index is 12.2. The van der Waals surface area contributed by atoms with Crippen LogP contribution in [0.25, 0.3) is 17.0 Å². The zero-order valence-electron chi connectivity index (χ0n) is 15.0. The number of amides is 2. The van der Waals surface area contributed by atoms with E-state index in [-0.39, 0.29) is 6.54 Å².